The number of ether oxygens (including phenoxy) is 1. The monoisotopic (exact) mass is 274 g/mol. The molecule has 0 aliphatic carbocycles. The molecule has 0 aliphatic rings. The first-order valence-electron chi connectivity index (χ1n) is 5.58. The van der Waals surface area contributed by atoms with Crippen LogP contribution in [0.1, 0.15) is 13.3 Å². The van der Waals surface area contributed by atoms with E-state index in [1.165, 1.54) is 0 Å². The Morgan fingerprint density at radius 3 is 2.78 bits per heavy atom. The molecule has 0 aliphatic heterocycles. The van der Waals surface area contributed by atoms with Gasteiger partial charge in [0.15, 0.2) is 5.11 Å². The lowest BCUT2D eigenvalue weighted by Crippen LogP contribution is -2.40. The third kappa shape index (κ3) is 4.54. The molecule has 3 nitrogen and oxygen atoms in total. The summed E-state index contributed by atoms with van der Waals surface area (Å²) in [6, 6.07) is 3.19. The molecule has 1 unspecified atom stereocenters. The van der Waals surface area contributed by atoms with Gasteiger partial charge in [0.2, 0.25) is 0 Å². The first-order valence-corrected chi connectivity index (χ1v) is 5.99. The molecule has 2 N–H and O–H groups in total. The number of halogens is 2. The molecule has 0 bridgehead atoms. The maximum Gasteiger partial charge on any atom is 0.171 e. The summed E-state index contributed by atoms with van der Waals surface area (Å²) in [6.45, 7) is 2.46. The van der Waals surface area contributed by atoms with Crippen molar-refractivity contribution < 1.29 is 13.5 Å². The van der Waals surface area contributed by atoms with Crippen molar-refractivity contribution in [3.8, 4) is 0 Å². The second-order valence-electron chi connectivity index (χ2n) is 3.78. The van der Waals surface area contributed by atoms with Crippen molar-refractivity contribution in [3.05, 3.63) is 29.8 Å². The molecule has 0 saturated heterocycles. The zero-order valence-electron chi connectivity index (χ0n) is 10.3. The van der Waals surface area contributed by atoms with Gasteiger partial charge < -0.3 is 15.4 Å². The third-order valence-electron chi connectivity index (χ3n) is 2.37. The van der Waals surface area contributed by atoms with Crippen LogP contribution < -0.4 is 10.6 Å². The van der Waals surface area contributed by atoms with Gasteiger partial charge in [-0.3, -0.25) is 0 Å². The van der Waals surface area contributed by atoms with Gasteiger partial charge in [-0.1, -0.05) is 6.92 Å². The van der Waals surface area contributed by atoms with E-state index in [2.05, 4.69) is 10.6 Å². The molecule has 1 aromatic rings. The van der Waals surface area contributed by atoms with Crippen LogP contribution in [0.2, 0.25) is 0 Å². The number of hydrogen-bond acceptors (Lipinski definition) is 2. The lowest BCUT2D eigenvalue weighted by molar-refractivity contribution is 0.172. The van der Waals surface area contributed by atoms with Gasteiger partial charge in [0, 0.05) is 13.2 Å². The highest BCUT2D eigenvalue weighted by Gasteiger charge is 2.09. The minimum absolute atomic E-state index is 0.0137. The number of anilines is 1. The Morgan fingerprint density at radius 2 is 2.17 bits per heavy atom. The molecule has 18 heavy (non-hydrogen) atoms. The topological polar surface area (TPSA) is 33.3 Å². The number of benzene rings is 1. The molecule has 1 aromatic carbocycles. The molecule has 1 rings (SSSR count). The van der Waals surface area contributed by atoms with Gasteiger partial charge >= 0.3 is 0 Å². The molecule has 0 spiro atoms. The molecule has 0 radical (unpaired) electrons. The summed E-state index contributed by atoms with van der Waals surface area (Å²) in [5, 5.41) is 5.83. The maximum absolute atomic E-state index is 13.4. The average Bonchev–Trinajstić information content (AvgIpc) is 2.33. The van der Waals surface area contributed by atoms with Crippen LogP contribution in [0.5, 0.6) is 0 Å². The summed E-state index contributed by atoms with van der Waals surface area (Å²) in [5.74, 6) is -1.08. The van der Waals surface area contributed by atoms with E-state index in [9.17, 15) is 8.78 Å². The van der Waals surface area contributed by atoms with Crippen LogP contribution in [0.25, 0.3) is 0 Å². The molecule has 6 heteroatoms. The molecular weight excluding hydrogens is 258 g/mol. The second-order valence-corrected chi connectivity index (χ2v) is 4.19. The van der Waals surface area contributed by atoms with Crippen molar-refractivity contribution in [2.24, 2.45) is 0 Å². The van der Waals surface area contributed by atoms with Crippen molar-refractivity contribution in [1.82, 2.24) is 5.32 Å². The SMILES string of the molecule is CCC(COC)NC(=S)Nc1cc(F)ccc1F. The Labute approximate surface area is 111 Å². The van der Waals surface area contributed by atoms with E-state index in [0.717, 1.165) is 24.6 Å². The standard InChI is InChI=1S/C12H16F2N2OS/c1-3-9(7-17-2)15-12(18)16-11-6-8(13)4-5-10(11)14/h4-6,9H,3,7H2,1-2H3,(H2,15,16,18). The zero-order valence-corrected chi connectivity index (χ0v) is 11.1. The zero-order chi connectivity index (χ0) is 13.5. The van der Waals surface area contributed by atoms with Crippen LogP contribution in [0.4, 0.5) is 14.5 Å². The summed E-state index contributed by atoms with van der Waals surface area (Å²) in [7, 11) is 1.59. The lowest BCUT2D eigenvalue weighted by atomic mass is 10.2. The van der Waals surface area contributed by atoms with Gasteiger partial charge in [-0.05, 0) is 30.8 Å². The molecule has 0 saturated carbocycles. The van der Waals surface area contributed by atoms with Crippen molar-refractivity contribution in [1.29, 1.82) is 0 Å². The molecule has 0 heterocycles. The van der Waals surface area contributed by atoms with Gasteiger partial charge in [-0.25, -0.2) is 8.78 Å². The first-order chi connectivity index (χ1) is 8.56. The summed E-state index contributed by atoms with van der Waals surface area (Å²) in [5.41, 5.74) is 0.0137. The molecule has 1 atom stereocenters. The normalized spacial score (nSPS) is 12.0. The van der Waals surface area contributed by atoms with Crippen LogP contribution in [0.3, 0.4) is 0 Å². The molecule has 100 valence electrons. The highest BCUT2D eigenvalue weighted by molar-refractivity contribution is 7.80. The third-order valence-corrected chi connectivity index (χ3v) is 2.59. The molecule has 0 amide bonds. The van der Waals surface area contributed by atoms with E-state index in [1.54, 1.807) is 7.11 Å². The summed E-state index contributed by atoms with van der Waals surface area (Å²) >= 11 is 5.03. The van der Waals surface area contributed by atoms with E-state index in [1.807, 2.05) is 6.92 Å². The Hall–Kier alpha value is -1.27. The Balaban J connectivity index is 2.61. The lowest BCUT2D eigenvalue weighted by Gasteiger charge is -2.18. The predicted molar refractivity (Wildman–Crippen MR) is 71.7 cm³/mol. The molecular formula is C12H16F2N2OS. The number of nitrogens with one attached hydrogen (secondary N) is 2. The molecule has 0 fully saturated rings. The van der Waals surface area contributed by atoms with Crippen LogP contribution in [-0.2, 0) is 4.74 Å². The van der Waals surface area contributed by atoms with E-state index in [4.69, 9.17) is 17.0 Å². The quantitative estimate of drug-likeness (QED) is 0.809. The van der Waals surface area contributed by atoms with Gasteiger partial charge in [-0.2, -0.15) is 0 Å². The second kappa shape index (κ2) is 7.23. The summed E-state index contributed by atoms with van der Waals surface area (Å²) in [4.78, 5) is 0. The number of methoxy groups -OCH3 is 1. The van der Waals surface area contributed by atoms with Gasteiger partial charge in [0.1, 0.15) is 11.6 Å². The van der Waals surface area contributed by atoms with E-state index in [-0.39, 0.29) is 16.8 Å². The summed E-state index contributed by atoms with van der Waals surface area (Å²) in [6.07, 6.45) is 0.807. The smallest absolute Gasteiger partial charge is 0.171 e. The van der Waals surface area contributed by atoms with Crippen molar-refractivity contribution in [2.45, 2.75) is 19.4 Å². The van der Waals surface area contributed by atoms with Crippen LogP contribution >= 0.6 is 12.2 Å². The highest BCUT2D eigenvalue weighted by Crippen LogP contribution is 2.15. The predicted octanol–water partition coefficient (Wildman–Crippen LogP) is 2.68. The first kappa shape index (κ1) is 14.8. The number of hydrogen-bond donors (Lipinski definition) is 2. The van der Waals surface area contributed by atoms with Crippen molar-refractivity contribution >= 4 is 23.0 Å². The minimum Gasteiger partial charge on any atom is -0.383 e. The Bertz CT molecular complexity index is 415. The highest BCUT2D eigenvalue weighted by atomic mass is 32.1. The van der Waals surface area contributed by atoms with Crippen molar-refractivity contribution in [2.75, 3.05) is 19.0 Å². The number of rotatable bonds is 5. The van der Waals surface area contributed by atoms with Gasteiger partial charge in [-0.15, -0.1) is 0 Å². The van der Waals surface area contributed by atoms with E-state index < -0.39 is 11.6 Å². The largest absolute Gasteiger partial charge is 0.383 e. The van der Waals surface area contributed by atoms with Crippen LogP contribution in [0, 0.1) is 11.6 Å². The van der Waals surface area contributed by atoms with E-state index >= 15 is 0 Å². The summed E-state index contributed by atoms with van der Waals surface area (Å²) < 4.78 is 31.3. The molecule has 0 aromatic heterocycles. The number of thiocarbonyl (C=S) groups is 1. The fourth-order valence-electron chi connectivity index (χ4n) is 1.40. The fraction of sp³-hybridized carbons (Fsp3) is 0.417. The maximum atomic E-state index is 13.4. The van der Waals surface area contributed by atoms with Crippen molar-refractivity contribution in [3.63, 3.8) is 0 Å². The van der Waals surface area contributed by atoms with Crippen LogP contribution in [-0.4, -0.2) is 24.9 Å². The Morgan fingerprint density at radius 1 is 1.44 bits per heavy atom. The minimum atomic E-state index is -0.555. The van der Waals surface area contributed by atoms with Gasteiger partial charge in [0.05, 0.1) is 18.3 Å². The van der Waals surface area contributed by atoms with Gasteiger partial charge in [0.25, 0.3) is 0 Å². The van der Waals surface area contributed by atoms with E-state index in [0.29, 0.717) is 6.61 Å². The fourth-order valence-corrected chi connectivity index (χ4v) is 1.68. The average molecular weight is 274 g/mol. The Kier molecular flexibility index (Phi) is 5.94. The van der Waals surface area contributed by atoms with Crippen LogP contribution in [0.15, 0.2) is 18.2 Å².